The molecule has 0 aliphatic heterocycles. The van der Waals surface area contributed by atoms with Crippen molar-refractivity contribution in [3.63, 3.8) is 0 Å². The molecule has 0 aliphatic rings. The number of sulfone groups is 1. The monoisotopic (exact) mass is 420 g/mol. The van der Waals surface area contributed by atoms with E-state index in [0.29, 0.717) is 0 Å². The number of ether oxygens (including phenoxy) is 1. The van der Waals surface area contributed by atoms with E-state index < -0.39 is 25.9 Å². The fourth-order valence-electron chi connectivity index (χ4n) is 2.19. The van der Waals surface area contributed by atoms with Crippen LogP contribution in [0.3, 0.4) is 0 Å². The van der Waals surface area contributed by atoms with Gasteiger partial charge in [-0.05, 0) is 23.8 Å². The molecule has 0 fully saturated rings. The van der Waals surface area contributed by atoms with Crippen LogP contribution in [0.2, 0.25) is 0 Å². The zero-order valence-corrected chi connectivity index (χ0v) is 16.7. The van der Waals surface area contributed by atoms with Crippen LogP contribution in [-0.2, 0) is 19.9 Å². The highest BCUT2D eigenvalue weighted by Gasteiger charge is 2.23. The first-order valence-corrected chi connectivity index (χ1v) is 10.7. The van der Waals surface area contributed by atoms with Gasteiger partial charge in [0.25, 0.3) is 0 Å². The minimum Gasteiger partial charge on any atom is -0.495 e. The first-order chi connectivity index (χ1) is 11.6. The SMILES string of the molecule is COc1ccc(S(C)(=O)=O)cc1S(=O)(=O)NCC(N)c1ccccc1.Cl. The molecular weight excluding hydrogens is 400 g/mol. The number of methoxy groups -OCH3 is 1. The standard InChI is InChI=1S/C16H20N2O5S2.ClH/c1-23-15-9-8-13(24(2,19)20)10-16(15)25(21,22)18-11-14(17)12-6-4-3-5-7-12;/h3-10,14,18H,11,17H2,1-2H3;1H. The third-order valence-electron chi connectivity index (χ3n) is 3.57. The Balaban J connectivity index is 0.00000338. The van der Waals surface area contributed by atoms with Gasteiger partial charge in [-0.2, -0.15) is 0 Å². The second kappa shape index (κ2) is 8.83. The van der Waals surface area contributed by atoms with E-state index in [-0.39, 0.29) is 34.5 Å². The smallest absolute Gasteiger partial charge is 0.244 e. The molecule has 2 aromatic carbocycles. The Kier molecular flexibility index (Phi) is 7.60. The molecule has 26 heavy (non-hydrogen) atoms. The van der Waals surface area contributed by atoms with Crippen molar-refractivity contribution in [2.75, 3.05) is 19.9 Å². The van der Waals surface area contributed by atoms with Gasteiger partial charge in [0, 0.05) is 18.8 Å². The highest BCUT2D eigenvalue weighted by molar-refractivity contribution is 7.91. The van der Waals surface area contributed by atoms with E-state index in [1.807, 2.05) is 18.2 Å². The molecule has 0 aliphatic carbocycles. The summed E-state index contributed by atoms with van der Waals surface area (Å²) in [7, 11) is -6.26. The number of rotatable bonds is 7. The van der Waals surface area contributed by atoms with E-state index in [9.17, 15) is 16.8 Å². The van der Waals surface area contributed by atoms with Gasteiger partial charge in [0.15, 0.2) is 9.84 Å². The van der Waals surface area contributed by atoms with Crippen LogP contribution in [0.25, 0.3) is 0 Å². The Hall–Kier alpha value is -1.65. The number of nitrogens with one attached hydrogen (secondary N) is 1. The fourth-order valence-corrected chi connectivity index (χ4v) is 4.17. The highest BCUT2D eigenvalue weighted by Crippen LogP contribution is 2.27. The Labute approximate surface area is 159 Å². The molecule has 0 amide bonds. The molecule has 0 heterocycles. The van der Waals surface area contributed by atoms with Crippen LogP contribution in [0.5, 0.6) is 5.75 Å². The number of hydrogen-bond acceptors (Lipinski definition) is 6. The van der Waals surface area contributed by atoms with Crippen molar-refractivity contribution < 1.29 is 21.6 Å². The molecule has 0 saturated carbocycles. The molecule has 2 aromatic rings. The summed E-state index contributed by atoms with van der Waals surface area (Å²) in [5.74, 6) is 0.0492. The molecule has 0 spiro atoms. The zero-order chi connectivity index (χ0) is 18.7. The lowest BCUT2D eigenvalue weighted by atomic mass is 10.1. The number of benzene rings is 2. The third-order valence-corrected chi connectivity index (χ3v) is 6.13. The van der Waals surface area contributed by atoms with Gasteiger partial charge in [0.1, 0.15) is 10.6 Å². The quantitative estimate of drug-likeness (QED) is 0.701. The average Bonchev–Trinajstić information content (AvgIpc) is 2.59. The maximum atomic E-state index is 12.6. The summed E-state index contributed by atoms with van der Waals surface area (Å²) in [4.78, 5) is -0.362. The van der Waals surface area contributed by atoms with Gasteiger partial charge >= 0.3 is 0 Å². The van der Waals surface area contributed by atoms with Crippen LogP contribution in [0.15, 0.2) is 58.3 Å². The van der Waals surface area contributed by atoms with Gasteiger partial charge in [-0.25, -0.2) is 21.6 Å². The summed E-state index contributed by atoms with van der Waals surface area (Å²) in [5.41, 5.74) is 6.78. The number of sulfonamides is 1. The third kappa shape index (κ3) is 5.42. The van der Waals surface area contributed by atoms with Gasteiger partial charge < -0.3 is 10.5 Å². The van der Waals surface area contributed by atoms with Crippen LogP contribution >= 0.6 is 12.4 Å². The molecule has 1 atom stereocenters. The topological polar surface area (TPSA) is 116 Å². The summed E-state index contributed by atoms with van der Waals surface area (Å²) in [6.45, 7) is -0.0431. The van der Waals surface area contributed by atoms with Crippen LogP contribution in [-0.4, -0.2) is 36.7 Å². The summed E-state index contributed by atoms with van der Waals surface area (Å²) >= 11 is 0. The lowest BCUT2D eigenvalue weighted by molar-refractivity contribution is 0.401. The number of nitrogens with two attached hydrogens (primary N) is 1. The van der Waals surface area contributed by atoms with Crippen molar-refractivity contribution in [1.29, 1.82) is 0 Å². The molecule has 7 nitrogen and oxygen atoms in total. The molecule has 0 bridgehead atoms. The Morgan fingerprint density at radius 1 is 1.08 bits per heavy atom. The predicted molar refractivity (Wildman–Crippen MR) is 102 cm³/mol. The van der Waals surface area contributed by atoms with E-state index in [2.05, 4.69) is 4.72 Å². The van der Waals surface area contributed by atoms with Crippen LogP contribution < -0.4 is 15.2 Å². The fraction of sp³-hybridized carbons (Fsp3) is 0.250. The zero-order valence-electron chi connectivity index (χ0n) is 14.2. The molecule has 10 heteroatoms. The highest BCUT2D eigenvalue weighted by atomic mass is 35.5. The van der Waals surface area contributed by atoms with Crippen molar-refractivity contribution >= 4 is 32.3 Å². The van der Waals surface area contributed by atoms with Crippen molar-refractivity contribution in [2.45, 2.75) is 15.8 Å². The molecule has 144 valence electrons. The van der Waals surface area contributed by atoms with Gasteiger partial charge in [-0.3, -0.25) is 0 Å². The van der Waals surface area contributed by atoms with Crippen LogP contribution in [0.4, 0.5) is 0 Å². The molecule has 0 radical (unpaired) electrons. The van der Waals surface area contributed by atoms with Crippen molar-refractivity contribution in [3.8, 4) is 5.75 Å². The average molecular weight is 421 g/mol. The summed E-state index contributed by atoms with van der Waals surface area (Å²) < 4.78 is 56.0. The summed E-state index contributed by atoms with van der Waals surface area (Å²) in [5, 5.41) is 0. The molecule has 3 N–H and O–H groups in total. The minimum atomic E-state index is -4.01. The van der Waals surface area contributed by atoms with E-state index in [0.717, 1.165) is 17.9 Å². The van der Waals surface area contributed by atoms with Gasteiger partial charge in [-0.15, -0.1) is 12.4 Å². The van der Waals surface area contributed by atoms with E-state index >= 15 is 0 Å². The van der Waals surface area contributed by atoms with E-state index in [1.54, 1.807) is 12.1 Å². The van der Waals surface area contributed by atoms with Crippen molar-refractivity contribution in [3.05, 3.63) is 54.1 Å². The van der Waals surface area contributed by atoms with Gasteiger partial charge in [0.05, 0.1) is 12.0 Å². The van der Waals surface area contributed by atoms with Crippen molar-refractivity contribution in [1.82, 2.24) is 4.72 Å². The maximum Gasteiger partial charge on any atom is 0.244 e. The Bertz CT molecular complexity index is 948. The predicted octanol–water partition coefficient (Wildman–Crippen LogP) is 1.50. The first-order valence-electron chi connectivity index (χ1n) is 7.33. The minimum absolute atomic E-state index is 0. The van der Waals surface area contributed by atoms with E-state index in [4.69, 9.17) is 10.5 Å². The summed E-state index contributed by atoms with van der Waals surface area (Å²) in [6.07, 6.45) is 1.00. The largest absolute Gasteiger partial charge is 0.495 e. The molecule has 1 unspecified atom stereocenters. The second-order valence-electron chi connectivity index (χ2n) is 5.45. The van der Waals surface area contributed by atoms with Crippen molar-refractivity contribution in [2.24, 2.45) is 5.73 Å². The van der Waals surface area contributed by atoms with Crippen LogP contribution in [0, 0.1) is 0 Å². The molecule has 0 saturated heterocycles. The molecule has 2 rings (SSSR count). The van der Waals surface area contributed by atoms with Gasteiger partial charge in [0.2, 0.25) is 10.0 Å². The van der Waals surface area contributed by atoms with Crippen LogP contribution in [0.1, 0.15) is 11.6 Å². The lowest BCUT2D eigenvalue weighted by Gasteiger charge is -2.15. The molecule has 0 aromatic heterocycles. The summed E-state index contributed by atoms with van der Waals surface area (Å²) in [6, 6.07) is 12.2. The van der Waals surface area contributed by atoms with Gasteiger partial charge in [-0.1, -0.05) is 30.3 Å². The normalized spacial score (nSPS) is 12.9. The molecular formula is C16H21ClN2O5S2. The maximum absolute atomic E-state index is 12.6. The Morgan fingerprint density at radius 2 is 1.69 bits per heavy atom. The number of halogens is 1. The lowest BCUT2D eigenvalue weighted by Crippen LogP contribution is -2.32. The second-order valence-corrected chi connectivity index (χ2v) is 9.21. The number of hydrogen-bond donors (Lipinski definition) is 2. The first kappa shape index (κ1) is 22.4. The Morgan fingerprint density at radius 3 is 2.23 bits per heavy atom. The van der Waals surface area contributed by atoms with E-state index in [1.165, 1.54) is 19.2 Å².